The van der Waals surface area contributed by atoms with E-state index in [1.807, 2.05) is 19.1 Å². The van der Waals surface area contributed by atoms with Crippen molar-refractivity contribution in [3.63, 3.8) is 0 Å². The molecule has 3 nitrogen and oxygen atoms in total. The van der Waals surface area contributed by atoms with Gasteiger partial charge in [0, 0.05) is 12.0 Å². The van der Waals surface area contributed by atoms with Crippen molar-refractivity contribution >= 4 is 0 Å². The van der Waals surface area contributed by atoms with E-state index in [4.69, 9.17) is 14.9 Å². The molecule has 0 bridgehead atoms. The zero-order valence-corrected chi connectivity index (χ0v) is 7.62. The molecular formula is C10H13NO2. The molecule has 2 N–H and O–H groups in total. The first-order chi connectivity index (χ1) is 6.29. The van der Waals surface area contributed by atoms with Gasteiger partial charge in [0.15, 0.2) is 0 Å². The second-order valence-corrected chi connectivity index (χ2v) is 3.15. The summed E-state index contributed by atoms with van der Waals surface area (Å²) in [6.07, 6.45) is 4.65. The van der Waals surface area contributed by atoms with Gasteiger partial charge in [-0.2, -0.15) is 0 Å². The molecule has 1 aromatic rings. The van der Waals surface area contributed by atoms with Crippen molar-refractivity contribution in [2.75, 3.05) is 6.61 Å². The minimum atomic E-state index is -0.166. The van der Waals surface area contributed by atoms with Crippen LogP contribution in [0.3, 0.4) is 0 Å². The van der Waals surface area contributed by atoms with Crippen LogP contribution in [0.5, 0.6) is 0 Å². The molecule has 0 aliphatic carbocycles. The van der Waals surface area contributed by atoms with Crippen molar-refractivity contribution in [1.82, 2.24) is 0 Å². The second kappa shape index (κ2) is 3.26. The average Bonchev–Trinajstić information content (AvgIpc) is 2.72. The first-order valence-corrected chi connectivity index (χ1v) is 4.41. The zero-order valence-electron chi connectivity index (χ0n) is 7.62. The molecule has 0 spiro atoms. The monoisotopic (exact) mass is 179 g/mol. The lowest BCUT2D eigenvalue weighted by Crippen LogP contribution is -2.13. The number of aryl methyl sites for hydroxylation is 1. The standard InChI is InChI=1S/C10H13NO2/c1-7-8(4-6-12-7)10(11)9-3-2-5-13-9/h3-4,6,10H,2,5,11H2,1H3. The molecular weight excluding hydrogens is 166 g/mol. The lowest BCUT2D eigenvalue weighted by Gasteiger charge is -2.11. The van der Waals surface area contributed by atoms with Gasteiger partial charge in [-0.15, -0.1) is 0 Å². The third kappa shape index (κ3) is 1.47. The van der Waals surface area contributed by atoms with Gasteiger partial charge in [0.25, 0.3) is 0 Å². The van der Waals surface area contributed by atoms with Crippen molar-refractivity contribution in [2.24, 2.45) is 5.73 Å². The summed E-state index contributed by atoms with van der Waals surface area (Å²) in [6, 6.07) is 1.73. The van der Waals surface area contributed by atoms with Crippen LogP contribution in [-0.2, 0) is 4.74 Å². The molecule has 1 aliphatic heterocycles. The van der Waals surface area contributed by atoms with Gasteiger partial charge in [-0.25, -0.2) is 0 Å². The smallest absolute Gasteiger partial charge is 0.113 e. The number of rotatable bonds is 2. The predicted molar refractivity (Wildman–Crippen MR) is 49.0 cm³/mol. The average molecular weight is 179 g/mol. The molecule has 1 atom stereocenters. The van der Waals surface area contributed by atoms with E-state index < -0.39 is 0 Å². The molecule has 3 heteroatoms. The highest BCUT2D eigenvalue weighted by Crippen LogP contribution is 2.26. The quantitative estimate of drug-likeness (QED) is 0.754. The van der Waals surface area contributed by atoms with Crippen LogP contribution < -0.4 is 5.73 Å². The molecule has 13 heavy (non-hydrogen) atoms. The van der Waals surface area contributed by atoms with Gasteiger partial charge in [-0.1, -0.05) is 0 Å². The van der Waals surface area contributed by atoms with Crippen molar-refractivity contribution < 1.29 is 9.15 Å². The van der Waals surface area contributed by atoms with E-state index in [2.05, 4.69) is 0 Å². The summed E-state index contributed by atoms with van der Waals surface area (Å²) in [5, 5.41) is 0. The number of nitrogens with two attached hydrogens (primary N) is 1. The summed E-state index contributed by atoms with van der Waals surface area (Å²) >= 11 is 0. The fourth-order valence-electron chi connectivity index (χ4n) is 1.52. The van der Waals surface area contributed by atoms with Crippen LogP contribution in [-0.4, -0.2) is 6.61 Å². The summed E-state index contributed by atoms with van der Waals surface area (Å²) in [7, 11) is 0. The molecule has 2 heterocycles. The minimum Gasteiger partial charge on any atom is -0.496 e. The molecule has 0 saturated heterocycles. The summed E-state index contributed by atoms with van der Waals surface area (Å²) in [5.41, 5.74) is 7.00. The molecule has 0 saturated carbocycles. The SMILES string of the molecule is Cc1occc1C(N)C1=CCCO1. The van der Waals surface area contributed by atoms with Crippen molar-refractivity contribution in [1.29, 1.82) is 0 Å². The van der Waals surface area contributed by atoms with Crippen LogP contribution in [0.25, 0.3) is 0 Å². The van der Waals surface area contributed by atoms with E-state index in [1.165, 1.54) is 0 Å². The van der Waals surface area contributed by atoms with Gasteiger partial charge in [0.2, 0.25) is 0 Å². The Hall–Kier alpha value is -1.22. The van der Waals surface area contributed by atoms with Gasteiger partial charge in [-0.05, 0) is 19.1 Å². The van der Waals surface area contributed by atoms with Gasteiger partial charge < -0.3 is 14.9 Å². The van der Waals surface area contributed by atoms with E-state index in [9.17, 15) is 0 Å². The van der Waals surface area contributed by atoms with E-state index in [1.54, 1.807) is 6.26 Å². The molecule has 1 unspecified atom stereocenters. The Morgan fingerprint density at radius 1 is 1.54 bits per heavy atom. The molecule has 0 radical (unpaired) electrons. The van der Waals surface area contributed by atoms with Crippen LogP contribution in [0.2, 0.25) is 0 Å². The van der Waals surface area contributed by atoms with Gasteiger partial charge in [-0.3, -0.25) is 0 Å². The normalized spacial score (nSPS) is 18.2. The van der Waals surface area contributed by atoms with Crippen molar-refractivity contribution in [2.45, 2.75) is 19.4 Å². The molecule has 0 aromatic carbocycles. The van der Waals surface area contributed by atoms with Crippen LogP contribution in [0, 0.1) is 6.92 Å². The van der Waals surface area contributed by atoms with Crippen molar-refractivity contribution in [3.05, 3.63) is 35.5 Å². The highest BCUT2D eigenvalue weighted by molar-refractivity contribution is 5.27. The maximum Gasteiger partial charge on any atom is 0.113 e. The molecule has 1 aliphatic rings. The lowest BCUT2D eigenvalue weighted by atomic mass is 10.1. The Bertz CT molecular complexity index is 327. The summed E-state index contributed by atoms with van der Waals surface area (Å²) in [4.78, 5) is 0. The Morgan fingerprint density at radius 3 is 2.92 bits per heavy atom. The molecule has 2 rings (SSSR count). The number of furan rings is 1. The van der Waals surface area contributed by atoms with Gasteiger partial charge in [0.1, 0.15) is 11.5 Å². The van der Waals surface area contributed by atoms with Gasteiger partial charge >= 0.3 is 0 Å². The largest absolute Gasteiger partial charge is 0.496 e. The first kappa shape index (κ1) is 8.38. The van der Waals surface area contributed by atoms with Crippen LogP contribution >= 0.6 is 0 Å². The minimum absolute atomic E-state index is 0.166. The highest BCUT2D eigenvalue weighted by Gasteiger charge is 2.19. The first-order valence-electron chi connectivity index (χ1n) is 4.41. The van der Waals surface area contributed by atoms with Crippen molar-refractivity contribution in [3.8, 4) is 0 Å². The Labute approximate surface area is 77.2 Å². The molecule has 0 fully saturated rings. The third-order valence-electron chi connectivity index (χ3n) is 2.27. The fraction of sp³-hybridized carbons (Fsp3) is 0.400. The lowest BCUT2D eigenvalue weighted by molar-refractivity contribution is 0.225. The molecule has 1 aromatic heterocycles. The predicted octanol–water partition coefficient (Wildman–Crippen LogP) is 1.89. The maximum absolute atomic E-state index is 5.99. The Kier molecular flexibility index (Phi) is 2.10. The summed E-state index contributed by atoms with van der Waals surface area (Å²) in [6.45, 7) is 2.66. The number of hydrogen-bond donors (Lipinski definition) is 1. The Morgan fingerprint density at radius 2 is 2.38 bits per heavy atom. The summed E-state index contributed by atoms with van der Waals surface area (Å²) in [5.74, 6) is 1.73. The summed E-state index contributed by atoms with van der Waals surface area (Å²) < 4.78 is 10.6. The molecule has 0 amide bonds. The van der Waals surface area contributed by atoms with E-state index >= 15 is 0 Å². The van der Waals surface area contributed by atoms with Crippen LogP contribution in [0.4, 0.5) is 0 Å². The highest BCUT2D eigenvalue weighted by atomic mass is 16.5. The number of ether oxygens (including phenoxy) is 1. The van der Waals surface area contributed by atoms with E-state index in [0.717, 1.165) is 30.1 Å². The van der Waals surface area contributed by atoms with Crippen LogP contribution in [0.15, 0.2) is 28.6 Å². The van der Waals surface area contributed by atoms with E-state index in [0.29, 0.717) is 0 Å². The van der Waals surface area contributed by atoms with Gasteiger partial charge in [0.05, 0.1) is 18.9 Å². The Balaban J connectivity index is 2.21. The zero-order chi connectivity index (χ0) is 9.26. The maximum atomic E-state index is 5.99. The molecule has 70 valence electrons. The number of hydrogen-bond acceptors (Lipinski definition) is 3. The van der Waals surface area contributed by atoms with Crippen LogP contribution in [0.1, 0.15) is 23.8 Å². The fourth-order valence-corrected chi connectivity index (χ4v) is 1.52. The van der Waals surface area contributed by atoms with E-state index in [-0.39, 0.29) is 6.04 Å². The second-order valence-electron chi connectivity index (χ2n) is 3.15. The topological polar surface area (TPSA) is 48.4 Å². The third-order valence-corrected chi connectivity index (χ3v) is 2.27.